The predicted octanol–water partition coefficient (Wildman–Crippen LogP) is 0.747. The summed E-state index contributed by atoms with van der Waals surface area (Å²) in [6.07, 6.45) is 0.672. The number of hydrogen-bond donors (Lipinski definition) is 2. The quantitative estimate of drug-likeness (QED) is 0.726. The van der Waals surface area contributed by atoms with Crippen molar-refractivity contribution in [3.63, 3.8) is 0 Å². The first kappa shape index (κ1) is 19.6. The number of piperazine rings is 1. The number of hydrogen-bond acceptors (Lipinski definition) is 5. The summed E-state index contributed by atoms with van der Waals surface area (Å²) in [7, 11) is 2.15. The molecule has 1 aliphatic rings. The molecule has 0 aromatic heterocycles. The summed E-state index contributed by atoms with van der Waals surface area (Å²) >= 11 is 0. The van der Waals surface area contributed by atoms with Crippen molar-refractivity contribution in [2.75, 3.05) is 33.2 Å². The van der Waals surface area contributed by atoms with Gasteiger partial charge < -0.3 is 16.0 Å². The molecular formula is C19H30N4O2. The van der Waals surface area contributed by atoms with Crippen molar-refractivity contribution in [2.45, 2.75) is 38.9 Å². The molecule has 1 atom stereocenters. The largest absolute Gasteiger partial charge is 0.352 e. The summed E-state index contributed by atoms with van der Waals surface area (Å²) in [5.74, 6) is -0.142. The highest BCUT2D eigenvalue weighted by Gasteiger charge is 2.15. The average molecular weight is 346 g/mol. The Labute approximate surface area is 150 Å². The van der Waals surface area contributed by atoms with Gasteiger partial charge in [-0.25, -0.2) is 0 Å². The van der Waals surface area contributed by atoms with E-state index < -0.39 is 6.04 Å². The van der Waals surface area contributed by atoms with E-state index in [1.165, 1.54) is 12.5 Å². The van der Waals surface area contributed by atoms with Crippen LogP contribution in [0.4, 0.5) is 0 Å². The number of nitrogens with two attached hydrogens (primary N) is 1. The Morgan fingerprint density at radius 1 is 1.16 bits per heavy atom. The van der Waals surface area contributed by atoms with Crippen molar-refractivity contribution in [3.05, 3.63) is 35.4 Å². The van der Waals surface area contributed by atoms with E-state index in [0.29, 0.717) is 13.0 Å². The predicted molar refractivity (Wildman–Crippen MR) is 99.0 cm³/mol. The third-order valence-electron chi connectivity index (χ3n) is 4.79. The second-order valence-corrected chi connectivity index (χ2v) is 6.88. The number of ketones is 1. The molecule has 0 radical (unpaired) electrons. The van der Waals surface area contributed by atoms with E-state index in [2.05, 4.69) is 34.3 Å². The van der Waals surface area contributed by atoms with Crippen molar-refractivity contribution in [2.24, 2.45) is 5.73 Å². The van der Waals surface area contributed by atoms with Gasteiger partial charge in [0.15, 0.2) is 0 Å². The molecule has 1 aromatic carbocycles. The van der Waals surface area contributed by atoms with Crippen LogP contribution in [0.15, 0.2) is 24.3 Å². The average Bonchev–Trinajstić information content (AvgIpc) is 2.60. The first-order chi connectivity index (χ1) is 12.0. The van der Waals surface area contributed by atoms with Crippen molar-refractivity contribution < 1.29 is 9.59 Å². The topological polar surface area (TPSA) is 78.7 Å². The molecule has 6 heteroatoms. The summed E-state index contributed by atoms with van der Waals surface area (Å²) in [6, 6.07) is 7.69. The fourth-order valence-electron chi connectivity index (χ4n) is 2.90. The smallest absolute Gasteiger partial charge is 0.220 e. The van der Waals surface area contributed by atoms with Gasteiger partial charge in [-0.15, -0.1) is 0 Å². The van der Waals surface area contributed by atoms with Crippen molar-refractivity contribution in [1.29, 1.82) is 0 Å². The van der Waals surface area contributed by atoms with Crippen LogP contribution in [0.3, 0.4) is 0 Å². The lowest BCUT2D eigenvalue weighted by atomic mass is 10.1. The summed E-state index contributed by atoms with van der Waals surface area (Å²) in [4.78, 5) is 27.9. The van der Waals surface area contributed by atoms with E-state index in [1.807, 2.05) is 12.1 Å². The zero-order chi connectivity index (χ0) is 18.2. The normalized spacial score (nSPS) is 17.2. The van der Waals surface area contributed by atoms with E-state index in [0.717, 1.165) is 38.3 Å². The van der Waals surface area contributed by atoms with Gasteiger partial charge in [-0.05, 0) is 31.5 Å². The standard InChI is InChI=1S/C19H30N4O2/c1-15(24)18(20)7-8-19(25)21-13-16-5-3-4-6-17(16)14-23-11-9-22(2)10-12-23/h3-6,18H,7-14,20H2,1-2H3,(H,21,25)/t18-/m0/s1. The van der Waals surface area contributed by atoms with Crippen LogP contribution in [-0.4, -0.2) is 60.8 Å². The first-order valence-corrected chi connectivity index (χ1v) is 8.96. The molecule has 3 N–H and O–H groups in total. The molecule has 1 amide bonds. The number of rotatable bonds is 8. The van der Waals surface area contributed by atoms with Crippen LogP contribution >= 0.6 is 0 Å². The number of nitrogens with zero attached hydrogens (tertiary/aromatic N) is 2. The second-order valence-electron chi connectivity index (χ2n) is 6.88. The number of amides is 1. The third kappa shape index (κ3) is 6.57. The molecule has 0 bridgehead atoms. The maximum Gasteiger partial charge on any atom is 0.220 e. The maximum atomic E-state index is 12.0. The molecule has 0 unspecified atom stereocenters. The van der Waals surface area contributed by atoms with Gasteiger partial charge in [0.1, 0.15) is 5.78 Å². The minimum absolute atomic E-state index is 0.0638. The Hall–Kier alpha value is -1.76. The highest BCUT2D eigenvalue weighted by Crippen LogP contribution is 2.13. The van der Waals surface area contributed by atoms with Gasteiger partial charge in [-0.1, -0.05) is 24.3 Å². The Kier molecular flexibility index (Phi) is 7.55. The molecule has 1 aliphatic heterocycles. The summed E-state index contributed by atoms with van der Waals surface area (Å²) in [5.41, 5.74) is 8.07. The molecule has 1 heterocycles. The number of carbonyl (C=O) groups is 2. The Morgan fingerprint density at radius 2 is 1.80 bits per heavy atom. The Balaban J connectivity index is 1.83. The van der Waals surface area contributed by atoms with E-state index >= 15 is 0 Å². The first-order valence-electron chi connectivity index (χ1n) is 8.96. The Morgan fingerprint density at radius 3 is 2.44 bits per heavy atom. The fourth-order valence-corrected chi connectivity index (χ4v) is 2.90. The van der Waals surface area contributed by atoms with Crippen LogP contribution in [0.2, 0.25) is 0 Å². The van der Waals surface area contributed by atoms with E-state index in [-0.39, 0.29) is 18.1 Å². The molecule has 1 fully saturated rings. The van der Waals surface area contributed by atoms with Crippen molar-refractivity contribution in [3.8, 4) is 0 Å². The van der Waals surface area contributed by atoms with Crippen LogP contribution in [0.1, 0.15) is 30.9 Å². The van der Waals surface area contributed by atoms with Gasteiger partial charge in [0, 0.05) is 45.7 Å². The molecular weight excluding hydrogens is 316 g/mol. The summed E-state index contributed by atoms with van der Waals surface area (Å²) in [6.45, 7) is 7.20. The lowest BCUT2D eigenvalue weighted by molar-refractivity contribution is -0.121. The SMILES string of the molecule is CC(=O)[C@@H](N)CCC(=O)NCc1ccccc1CN1CCN(C)CC1. The molecule has 138 valence electrons. The Bertz CT molecular complexity index is 583. The summed E-state index contributed by atoms with van der Waals surface area (Å²) < 4.78 is 0. The van der Waals surface area contributed by atoms with Crippen molar-refractivity contribution in [1.82, 2.24) is 15.1 Å². The van der Waals surface area contributed by atoms with Gasteiger partial charge in [-0.3, -0.25) is 14.5 Å². The number of likely N-dealkylation sites (N-methyl/N-ethyl adjacent to an activating group) is 1. The zero-order valence-electron chi connectivity index (χ0n) is 15.3. The number of Topliss-reactive ketones (excluding diaryl/α,β-unsaturated/α-hetero) is 1. The maximum absolute atomic E-state index is 12.0. The molecule has 2 rings (SSSR count). The molecule has 25 heavy (non-hydrogen) atoms. The van der Waals surface area contributed by atoms with Gasteiger partial charge in [0.2, 0.25) is 5.91 Å². The monoisotopic (exact) mass is 346 g/mol. The third-order valence-corrected chi connectivity index (χ3v) is 4.79. The van der Waals surface area contributed by atoms with E-state index in [1.54, 1.807) is 0 Å². The van der Waals surface area contributed by atoms with Crippen LogP contribution in [-0.2, 0) is 22.7 Å². The minimum Gasteiger partial charge on any atom is -0.352 e. The molecule has 6 nitrogen and oxygen atoms in total. The van der Waals surface area contributed by atoms with Crippen LogP contribution < -0.4 is 11.1 Å². The number of carbonyl (C=O) groups excluding carboxylic acids is 2. The molecule has 1 saturated heterocycles. The molecule has 1 aromatic rings. The summed E-state index contributed by atoms with van der Waals surface area (Å²) in [5, 5.41) is 2.95. The fraction of sp³-hybridized carbons (Fsp3) is 0.579. The molecule has 0 spiro atoms. The zero-order valence-corrected chi connectivity index (χ0v) is 15.3. The van der Waals surface area contributed by atoms with Crippen LogP contribution in [0.5, 0.6) is 0 Å². The van der Waals surface area contributed by atoms with Crippen LogP contribution in [0.25, 0.3) is 0 Å². The second kappa shape index (κ2) is 9.65. The number of nitrogens with one attached hydrogen (secondary N) is 1. The van der Waals surface area contributed by atoms with Gasteiger partial charge in [0.05, 0.1) is 6.04 Å². The lowest BCUT2D eigenvalue weighted by Crippen LogP contribution is -2.44. The molecule has 0 aliphatic carbocycles. The van der Waals surface area contributed by atoms with Gasteiger partial charge in [0.25, 0.3) is 0 Å². The highest BCUT2D eigenvalue weighted by molar-refractivity contribution is 5.82. The molecule has 0 saturated carbocycles. The van der Waals surface area contributed by atoms with Gasteiger partial charge >= 0.3 is 0 Å². The lowest BCUT2D eigenvalue weighted by Gasteiger charge is -2.32. The van der Waals surface area contributed by atoms with Crippen molar-refractivity contribution >= 4 is 11.7 Å². The number of benzene rings is 1. The van der Waals surface area contributed by atoms with E-state index in [4.69, 9.17) is 5.73 Å². The van der Waals surface area contributed by atoms with E-state index in [9.17, 15) is 9.59 Å². The highest BCUT2D eigenvalue weighted by atomic mass is 16.1. The van der Waals surface area contributed by atoms with Gasteiger partial charge in [-0.2, -0.15) is 0 Å². The minimum atomic E-state index is -0.546. The van der Waals surface area contributed by atoms with Crippen LogP contribution in [0, 0.1) is 0 Å².